The maximum atomic E-state index is 12.2. The van der Waals surface area contributed by atoms with E-state index in [0.717, 1.165) is 29.9 Å². The molecule has 0 spiro atoms. The van der Waals surface area contributed by atoms with Gasteiger partial charge in [0.25, 0.3) is 5.91 Å². The van der Waals surface area contributed by atoms with Crippen LogP contribution < -0.4 is 21.1 Å². The molecule has 0 saturated heterocycles. The SMILES string of the molecule is COc1c(Nc2cc(NC(=O)C3CC3)ncc2C(N)=O)cccc1-c1cnn(C23CC(C2)C3)c1. The summed E-state index contributed by atoms with van der Waals surface area (Å²) in [4.78, 5) is 28.4. The van der Waals surface area contributed by atoms with E-state index in [0.29, 0.717) is 22.9 Å². The van der Waals surface area contributed by atoms with Crippen molar-refractivity contribution < 1.29 is 14.3 Å². The summed E-state index contributed by atoms with van der Waals surface area (Å²) in [5.74, 6) is 1.20. The molecule has 0 aliphatic heterocycles. The molecule has 4 saturated carbocycles. The van der Waals surface area contributed by atoms with Crippen LogP contribution in [0, 0.1) is 11.8 Å². The second-order valence-electron chi connectivity index (χ2n) is 9.63. The lowest BCUT2D eigenvalue weighted by Gasteiger charge is -2.61. The van der Waals surface area contributed by atoms with E-state index in [1.807, 2.05) is 24.4 Å². The Hall–Kier alpha value is -3.88. The van der Waals surface area contributed by atoms with Crippen molar-refractivity contribution in [2.75, 3.05) is 17.7 Å². The van der Waals surface area contributed by atoms with Crippen molar-refractivity contribution >= 4 is 29.0 Å². The van der Waals surface area contributed by atoms with Crippen molar-refractivity contribution in [2.45, 2.75) is 37.6 Å². The molecule has 9 nitrogen and oxygen atoms in total. The fourth-order valence-electron chi connectivity index (χ4n) is 5.06. The first kappa shape index (κ1) is 20.7. The summed E-state index contributed by atoms with van der Waals surface area (Å²) in [6, 6.07) is 7.38. The summed E-state index contributed by atoms with van der Waals surface area (Å²) in [5, 5.41) is 10.7. The van der Waals surface area contributed by atoms with Crippen molar-refractivity contribution in [2.24, 2.45) is 17.6 Å². The molecule has 4 aliphatic rings. The number of carbonyl (C=O) groups is 2. The molecule has 2 bridgehead atoms. The van der Waals surface area contributed by atoms with Gasteiger partial charge in [-0.25, -0.2) is 4.98 Å². The minimum atomic E-state index is -0.620. The summed E-state index contributed by atoms with van der Waals surface area (Å²) < 4.78 is 7.88. The van der Waals surface area contributed by atoms with Crippen molar-refractivity contribution in [1.82, 2.24) is 14.8 Å². The van der Waals surface area contributed by atoms with E-state index >= 15 is 0 Å². The molecule has 3 aromatic rings. The summed E-state index contributed by atoms with van der Waals surface area (Å²) in [6.45, 7) is 0. The highest BCUT2D eigenvalue weighted by atomic mass is 16.5. The van der Waals surface area contributed by atoms with Crippen LogP contribution in [0.2, 0.25) is 0 Å². The predicted octanol–water partition coefficient (Wildman–Crippen LogP) is 3.65. The second kappa shape index (κ2) is 7.58. The number of pyridine rings is 1. The van der Waals surface area contributed by atoms with E-state index in [-0.39, 0.29) is 22.9 Å². The highest BCUT2D eigenvalue weighted by Crippen LogP contribution is 2.62. The van der Waals surface area contributed by atoms with Crippen molar-refractivity contribution in [3.05, 3.63) is 48.4 Å². The monoisotopic (exact) mass is 458 g/mol. The third kappa shape index (κ3) is 3.39. The molecule has 9 heteroatoms. The van der Waals surface area contributed by atoms with Gasteiger partial charge in [-0.1, -0.05) is 12.1 Å². The van der Waals surface area contributed by atoms with Crippen molar-refractivity contribution in [3.63, 3.8) is 0 Å². The zero-order valence-electron chi connectivity index (χ0n) is 18.9. The molecule has 4 aliphatic carbocycles. The lowest BCUT2D eigenvalue weighted by Crippen LogP contribution is -2.59. The van der Waals surface area contributed by atoms with Crippen molar-refractivity contribution in [3.8, 4) is 16.9 Å². The maximum Gasteiger partial charge on any atom is 0.252 e. The van der Waals surface area contributed by atoms with Gasteiger partial charge in [0.2, 0.25) is 5.91 Å². The van der Waals surface area contributed by atoms with Crippen LogP contribution in [0.1, 0.15) is 42.5 Å². The number of para-hydroxylation sites is 1. The molecular weight excluding hydrogens is 432 g/mol. The van der Waals surface area contributed by atoms with Gasteiger partial charge < -0.3 is 21.1 Å². The molecule has 2 amide bonds. The average Bonchev–Trinajstić information content (AvgIpc) is 3.50. The molecule has 4 fully saturated rings. The number of benzene rings is 1. The minimum absolute atomic E-state index is 0.0389. The maximum absolute atomic E-state index is 12.2. The highest BCUT2D eigenvalue weighted by Gasteiger charge is 2.58. The zero-order chi connectivity index (χ0) is 23.4. The molecule has 4 N–H and O–H groups in total. The molecule has 1 aromatic carbocycles. The van der Waals surface area contributed by atoms with Gasteiger partial charge in [0.1, 0.15) is 11.6 Å². The van der Waals surface area contributed by atoms with E-state index in [2.05, 4.69) is 31.6 Å². The number of amides is 2. The van der Waals surface area contributed by atoms with Crippen LogP contribution in [0.5, 0.6) is 5.75 Å². The molecule has 34 heavy (non-hydrogen) atoms. The molecule has 7 rings (SSSR count). The quantitative estimate of drug-likeness (QED) is 0.473. The van der Waals surface area contributed by atoms with Crippen LogP contribution in [0.4, 0.5) is 17.2 Å². The van der Waals surface area contributed by atoms with Gasteiger partial charge in [0, 0.05) is 35.5 Å². The fourth-order valence-corrected chi connectivity index (χ4v) is 5.06. The topological polar surface area (TPSA) is 124 Å². The average molecular weight is 459 g/mol. The van der Waals surface area contributed by atoms with Gasteiger partial charge in [-0.2, -0.15) is 5.10 Å². The Morgan fingerprint density at radius 1 is 1.18 bits per heavy atom. The number of anilines is 3. The van der Waals surface area contributed by atoms with Crippen LogP contribution in [0.25, 0.3) is 11.1 Å². The number of nitrogens with zero attached hydrogens (tertiary/aromatic N) is 3. The Kier molecular flexibility index (Phi) is 4.62. The van der Waals surface area contributed by atoms with Crippen LogP contribution in [-0.4, -0.2) is 33.7 Å². The first-order valence-electron chi connectivity index (χ1n) is 11.6. The first-order chi connectivity index (χ1) is 16.5. The van der Waals surface area contributed by atoms with E-state index in [4.69, 9.17) is 10.5 Å². The Labute approximate surface area is 196 Å². The lowest BCUT2D eigenvalue weighted by molar-refractivity contribution is -0.117. The molecule has 0 unspecified atom stereocenters. The smallest absolute Gasteiger partial charge is 0.252 e. The fraction of sp³-hybridized carbons (Fsp3) is 0.360. The zero-order valence-corrected chi connectivity index (χ0v) is 18.9. The van der Waals surface area contributed by atoms with Gasteiger partial charge in [-0.05, 0) is 44.1 Å². The Morgan fingerprint density at radius 2 is 1.97 bits per heavy atom. The second-order valence-corrected chi connectivity index (χ2v) is 9.63. The molecule has 174 valence electrons. The van der Waals surface area contributed by atoms with E-state index in [1.54, 1.807) is 13.2 Å². The number of methoxy groups -OCH3 is 1. The minimum Gasteiger partial charge on any atom is -0.494 e. The van der Waals surface area contributed by atoms with E-state index in [1.165, 1.54) is 25.5 Å². The molecule has 2 aromatic heterocycles. The Morgan fingerprint density at radius 3 is 2.62 bits per heavy atom. The summed E-state index contributed by atoms with van der Waals surface area (Å²) in [6.07, 6.45) is 10.7. The lowest BCUT2D eigenvalue weighted by atomic mass is 9.50. The van der Waals surface area contributed by atoms with Gasteiger partial charge in [0.05, 0.1) is 35.8 Å². The third-order valence-electron chi connectivity index (χ3n) is 7.24. The standard InChI is InChI=1S/C25H26N6O3/c1-34-22-17(16-11-28-31(13-16)25-8-14(9-25)10-25)3-2-4-19(22)29-20-7-21(27-12-18(20)23(26)32)30-24(33)15-5-6-15/h2-4,7,11-15H,5-6,8-10H2,1H3,(H2,26,32)(H2,27,29,30,33). The van der Waals surface area contributed by atoms with Crippen LogP contribution in [0.3, 0.4) is 0 Å². The number of carbonyl (C=O) groups excluding carboxylic acids is 2. The Bertz CT molecular complexity index is 1290. The molecule has 0 radical (unpaired) electrons. The number of nitrogens with two attached hydrogens (primary N) is 1. The number of primary amides is 1. The summed E-state index contributed by atoms with van der Waals surface area (Å²) >= 11 is 0. The van der Waals surface area contributed by atoms with Crippen LogP contribution in [0.15, 0.2) is 42.9 Å². The first-order valence-corrected chi connectivity index (χ1v) is 11.6. The normalized spacial score (nSPS) is 22.3. The highest BCUT2D eigenvalue weighted by molar-refractivity contribution is 6.01. The number of aromatic nitrogens is 3. The predicted molar refractivity (Wildman–Crippen MR) is 127 cm³/mol. The number of rotatable bonds is 8. The molecular formula is C25H26N6O3. The third-order valence-corrected chi connectivity index (χ3v) is 7.24. The van der Waals surface area contributed by atoms with Crippen molar-refractivity contribution in [1.29, 1.82) is 0 Å². The molecule has 0 atom stereocenters. The van der Waals surface area contributed by atoms with Gasteiger partial charge >= 0.3 is 0 Å². The number of ether oxygens (including phenoxy) is 1. The summed E-state index contributed by atoms with van der Waals surface area (Å²) in [7, 11) is 1.61. The summed E-state index contributed by atoms with van der Waals surface area (Å²) in [5.41, 5.74) is 8.97. The van der Waals surface area contributed by atoms with Crippen LogP contribution >= 0.6 is 0 Å². The van der Waals surface area contributed by atoms with Gasteiger partial charge in [-0.15, -0.1) is 0 Å². The number of hydrogen-bond acceptors (Lipinski definition) is 6. The van der Waals surface area contributed by atoms with Gasteiger partial charge in [0.15, 0.2) is 0 Å². The Balaban J connectivity index is 1.32. The number of nitrogens with one attached hydrogen (secondary N) is 2. The molecule has 2 heterocycles. The van der Waals surface area contributed by atoms with Gasteiger partial charge in [-0.3, -0.25) is 14.3 Å². The van der Waals surface area contributed by atoms with E-state index in [9.17, 15) is 9.59 Å². The van der Waals surface area contributed by atoms with E-state index < -0.39 is 5.91 Å². The number of hydrogen-bond donors (Lipinski definition) is 3. The largest absolute Gasteiger partial charge is 0.494 e. The van der Waals surface area contributed by atoms with Crippen LogP contribution in [-0.2, 0) is 10.3 Å².